The van der Waals surface area contributed by atoms with Gasteiger partial charge in [0.25, 0.3) is 5.91 Å². The van der Waals surface area contributed by atoms with Crippen molar-refractivity contribution < 1.29 is 22.7 Å². The first kappa shape index (κ1) is 25.0. The van der Waals surface area contributed by atoms with Gasteiger partial charge in [0, 0.05) is 11.0 Å². The topological polar surface area (TPSA) is 101 Å². The van der Waals surface area contributed by atoms with Crippen LogP contribution >= 0.6 is 0 Å². The Morgan fingerprint density at radius 3 is 2.66 bits per heavy atom. The van der Waals surface area contributed by atoms with Crippen LogP contribution in [0.25, 0.3) is 11.8 Å². The maximum atomic E-state index is 13.4. The van der Waals surface area contributed by atoms with Crippen molar-refractivity contribution in [3.8, 4) is 5.69 Å². The van der Waals surface area contributed by atoms with Crippen LogP contribution in [0.3, 0.4) is 0 Å². The number of nitrogens with one attached hydrogen (secondary N) is 1. The van der Waals surface area contributed by atoms with Crippen LogP contribution in [0.1, 0.15) is 66.2 Å². The molecule has 0 spiro atoms. The molecule has 2 atom stereocenters. The van der Waals surface area contributed by atoms with Crippen molar-refractivity contribution in [1.29, 1.82) is 0 Å². The molecule has 3 aliphatic rings. The summed E-state index contributed by atoms with van der Waals surface area (Å²) in [6.07, 6.45) is 7.90. The van der Waals surface area contributed by atoms with Gasteiger partial charge in [0.1, 0.15) is 5.82 Å². The molecule has 38 heavy (non-hydrogen) atoms. The predicted molar refractivity (Wildman–Crippen MR) is 142 cm³/mol. The van der Waals surface area contributed by atoms with Gasteiger partial charge in [-0.15, -0.1) is 0 Å². The van der Waals surface area contributed by atoms with Crippen molar-refractivity contribution in [3.63, 3.8) is 0 Å². The zero-order valence-corrected chi connectivity index (χ0v) is 22.0. The lowest BCUT2D eigenvalue weighted by molar-refractivity contribution is -0.0461. The van der Waals surface area contributed by atoms with E-state index in [0.717, 1.165) is 28.9 Å². The van der Waals surface area contributed by atoms with Crippen LogP contribution in [0.15, 0.2) is 60.3 Å². The van der Waals surface area contributed by atoms with Crippen LogP contribution in [0.4, 0.5) is 4.39 Å². The summed E-state index contributed by atoms with van der Waals surface area (Å²) in [6.45, 7) is 2.09. The molecule has 7 nitrogen and oxygen atoms in total. The van der Waals surface area contributed by atoms with E-state index in [1.54, 1.807) is 24.3 Å². The first-order valence-corrected chi connectivity index (χ1v) is 14.5. The molecule has 2 fully saturated rings. The molecule has 2 saturated carbocycles. The molecule has 0 saturated heterocycles. The van der Waals surface area contributed by atoms with Gasteiger partial charge < -0.3 is 5.11 Å². The zero-order valence-electron chi connectivity index (χ0n) is 21.2. The minimum Gasteiger partial charge on any atom is -0.389 e. The van der Waals surface area contributed by atoms with E-state index in [2.05, 4.69) is 22.8 Å². The molecule has 1 aromatic heterocycles. The Labute approximate surface area is 221 Å². The van der Waals surface area contributed by atoms with Crippen LogP contribution in [0, 0.1) is 11.2 Å². The number of rotatable bonds is 7. The van der Waals surface area contributed by atoms with Gasteiger partial charge in [-0.1, -0.05) is 30.7 Å². The van der Waals surface area contributed by atoms with Crippen LogP contribution < -0.4 is 4.72 Å². The number of aliphatic hydroxyl groups is 1. The second-order valence-electron chi connectivity index (χ2n) is 11.0. The minimum atomic E-state index is -3.65. The third kappa shape index (κ3) is 4.18. The quantitative estimate of drug-likeness (QED) is 0.469. The van der Waals surface area contributed by atoms with E-state index >= 15 is 0 Å². The Hall–Kier alpha value is -3.30. The van der Waals surface area contributed by atoms with Crippen LogP contribution in [0.2, 0.25) is 0 Å². The molecule has 0 radical (unpaired) electrons. The molecule has 9 heteroatoms. The van der Waals surface area contributed by atoms with E-state index in [1.807, 2.05) is 23.0 Å². The highest BCUT2D eigenvalue weighted by Crippen LogP contribution is 2.56. The van der Waals surface area contributed by atoms with E-state index in [1.165, 1.54) is 12.1 Å². The van der Waals surface area contributed by atoms with Gasteiger partial charge in [-0.3, -0.25) is 4.79 Å². The third-order valence-corrected chi connectivity index (χ3v) is 10.4. The molecule has 1 heterocycles. The molecule has 3 aromatic rings. The normalized spacial score (nSPS) is 24.4. The Kier molecular flexibility index (Phi) is 5.84. The number of hydrogen-bond acceptors (Lipinski definition) is 5. The average Bonchev–Trinajstić information content (AvgIpc) is 3.64. The second-order valence-corrected chi connectivity index (χ2v) is 12.9. The summed E-state index contributed by atoms with van der Waals surface area (Å²) in [6, 6.07) is 13.2. The standard InChI is InChI=1S/C29H30FN3O4S/c1-28-17-20-18-31-33(23-8-6-22(30)7-9-23)26(20)16-21(28)13-15-29(28,35)14-12-19-4-2-3-5-25(19)27(34)32-38(36,37)24-10-11-24/h2-9,16,18,24,35H,10-15,17H2,1H3,(H,32,34)/t28-,29-/m0/s1. The lowest BCUT2D eigenvalue weighted by Gasteiger charge is -2.42. The number of nitrogens with zero attached hydrogens (tertiary/aromatic N) is 2. The number of carbonyl (C=O) groups excluding carboxylic acids is 1. The van der Waals surface area contributed by atoms with Crippen molar-refractivity contribution in [1.82, 2.24) is 14.5 Å². The van der Waals surface area contributed by atoms with Gasteiger partial charge in [-0.05, 0) is 92.5 Å². The Morgan fingerprint density at radius 1 is 1.18 bits per heavy atom. The van der Waals surface area contributed by atoms with Gasteiger partial charge >= 0.3 is 0 Å². The summed E-state index contributed by atoms with van der Waals surface area (Å²) in [5.41, 5.74) is 3.44. The Balaban J connectivity index is 1.23. The number of carbonyl (C=O) groups is 1. The maximum Gasteiger partial charge on any atom is 0.265 e. The summed E-state index contributed by atoms with van der Waals surface area (Å²) < 4.78 is 42.1. The zero-order chi connectivity index (χ0) is 26.7. The second kappa shape index (κ2) is 8.88. The van der Waals surface area contributed by atoms with Crippen molar-refractivity contribution in [2.45, 2.75) is 62.7 Å². The average molecular weight is 536 g/mol. The van der Waals surface area contributed by atoms with Gasteiger partial charge in [0.15, 0.2) is 0 Å². The molecule has 0 unspecified atom stereocenters. The number of benzene rings is 2. The number of fused-ring (bicyclic) bond motifs is 2. The van der Waals surface area contributed by atoms with Crippen LogP contribution in [-0.2, 0) is 22.9 Å². The first-order chi connectivity index (χ1) is 18.1. The summed E-state index contributed by atoms with van der Waals surface area (Å²) in [5, 5.41) is 16.0. The summed E-state index contributed by atoms with van der Waals surface area (Å²) in [4.78, 5) is 12.9. The lowest BCUT2D eigenvalue weighted by Crippen LogP contribution is -2.45. The van der Waals surface area contributed by atoms with E-state index in [0.29, 0.717) is 49.7 Å². The fourth-order valence-electron chi connectivity index (χ4n) is 6.07. The maximum absolute atomic E-state index is 13.4. The summed E-state index contributed by atoms with van der Waals surface area (Å²) >= 11 is 0. The third-order valence-electron chi connectivity index (χ3n) is 8.62. The molecule has 2 aromatic carbocycles. The molecule has 0 bridgehead atoms. The molecule has 2 N–H and O–H groups in total. The number of amides is 1. The largest absolute Gasteiger partial charge is 0.389 e. The molecule has 198 valence electrons. The minimum absolute atomic E-state index is 0.301. The van der Waals surface area contributed by atoms with Crippen LogP contribution in [-0.4, -0.2) is 40.1 Å². The number of sulfonamides is 1. The Bertz CT molecular complexity index is 1560. The molecule has 0 aliphatic heterocycles. The summed E-state index contributed by atoms with van der Waals surface area (Å²) in [5.74, 6) is -0.918. The van der Waals surface area contributed by atoms with Gasteiger partial charge in [0.05, 0.1) is 28.4 Å². The number of hydrogen-bond donors (Lipinski definition) is 2. The van der Waals surface area contributed by atoms with Gasteiger partial charge in [-0.2, -0.15) is 5.10 Å². The van der Waals surface area contributed by atoms with Crippen molar-refractivity contribution in [2.75, 3.05) is 0 Å². The van der Waals surface area contributed by atoms with E-state index in [4.69, 9.17) is 0 Å². The number of aromatic nitrogens is 2. The first-order valence-electron chi connectivity index (χ1n) is 13.0. The van der Waals surface area contributed by atoms with Gasteiger partial charge in [0.2, 0.25) is 10.0 Å². The molecule has 1 amide bonds. The molecular weight excluding hydrogens is 505 g/mol. The highest BCUT2D eigenvalue weighted by Gasteiger charge is 2.54. The van der Waals surface area contributed by atoms with E-state index < -0.39 is 32.2 Å². The smallest absolute Gasteiger partial charge is 0.265 e. The van der Waals surface area contributed by atoms with Gasteiger partial charge in [-0.25, -0.2) is 22.2 Å². The Morgan fingerprint density at radius 2 is 1.92 bits per heavy atom. The summed E-state index contributed by atoms with van der Waals surface area (Å²) in [7, 11) is -3.65. The van der Waals surface area contributed by atoms with Crippen LogP contribution in [0.5, 0.6) is 0 Å². The molecule has 6 rings (SSSR count). The highest BCUT2D eigenvalue weighted by atomic mass is 32.2. The SMILES string of the molecule is C[C@]12Cc3cnn(-c4ccc(F)cc4)c3C=C1CC[C@@]2(O)CCc1ccccc1C(=O)NS(=O)(=O)C1CC1. The number of aryl methyl sites for hydroxylation is 1. The highest BCUT2D eigenvalue weighted by molar-refractivity contribution is 7.91. The monoisotopic (exact) mass is 535 g/mol. The van der Waals surface area contributed by atoms with E-state index in [-0.39, 0.29) is 5.82 Å². The van der Waals surface area contributed by atoms with E-state index in [9.17, 15) is 22.7 Å². The molecule has 3 aliphatic carbocycles. The lowest BCUT2D eigenvalue weighted by atomic mass is 9.65. The fraction of sp³-hybridized carbons (Fsp3) is 0.379. The van der Waals surface area contributed by atoms with Crippen molar-refractivity contribution in [2.24, 2.45) is 5.41 Å². The molecular formula is C29H30FN3O4S. The van der Waals surface area contributed by atoms with Crippen molar-refractivity contribution in [3.05, 3.63) is 88.5 Å². The van der Waals surface area contributed by atoms with Crippen molar-refractivity contribution >= 4 is 22.0 Å². The predicted octanol–water partition coefficient (Wildman–Crippen LogP) is 4.34. The number of halogens is 1. The fourth-order valence-corrected chi connectivity index (χ4v) is 7.36.